The van der Waals surface area contributed by atoms with Crippen molar-refractivity contribution in [1.82, 2.24) is 0 Å². The van der Waals surface area contributed by atoms with Gasteiger partial charge < -0.3 is 28.8 Å². The Morgan fingerprint density at radius 3 is 2.00 bits per heavy atom. The molecule has 0 saturated carbocycles. The van der Waals surface area contributed by atoms with Gasteiger partial charge in [0.25, 0.3) is 0 Å². The Kier molecular flexibility index (Phi) is 7.31. The van der Waals surface area contributed by atoms with Crippen LogP contribution in [0.1, 0.15) is 27.7 Å². The predicted octanol–water partition coefficient (Wildman–Crippen LogP) is -0.894. The van der Waals surface area contributed by atoms with E-state index in [0.29, 0.717) is 0 Å². The van der Waals surface area contributed by atoms with Gasteiger partial charge in [-0.05, 0) is 0 Å². The summed E-state index contributed by atoms with van der Waals surface area (Å²) in [4.78, 5) is 44.9. The van der Waals surface area contributed by atoms with E-state index in [2.05, 4.69) is 0 Å². The van der Waals surface area contributed by atoms with Crippen LogP contribution < -0.4 is 0 Å². The summed E-state index contributed by atoms with van der Waals surface area (Å²) >= 11 is 0. The van der Waals surface area contributed by atoms with Crippen molar-refractivity contribution >= 4 is 23.9 Å². The Hall–Kier alpha value is -2.20. The molecule has 0 aliphatic carbocycles. The molecule has 1 N–H and O–H groups in total. The van der Waals surface area contributed by atoms with Gasteiger partial charge in [0.1, 0.15) is 19.3 Å². The average Bonchev–Trinajstić information content (AvgIpc) is 2.47. The maximum Gasteiger partial charge on any atom is 0.303 e. The highest BCUT2D eigenvalue weighted by Crippen LogP contribution is 2.30. The van der Waals surface area contributed by atoms with E-state index in [1.165, 1.54) is 6.92 Å². The van der Waals surface area contributed by atoms with E-state index < -0.39 is 61.0 Å². The highest BCUT2D eigenvalue weighted by atomic mass is 16.6. The van der Waals surface area contributed by atoms with Crippen molar-refractivity contribution in [2.45, 2.75) is 51.6 Å². The average molecular weight is 362 g/mol. The molecule has 10 heteroatoms. The zero-order chi connectivity index (χ0) is 19.2. The first-order valence-corrected chi connectivity index (χ1v) is 7.50. The van der Waals surface area contributed by atoms with Crippen molar-refractivity contribution in [3.8, 4) is 0 Å². The number of esters is 4. The molecule has 0 aromatic heterocycles. The van der Waals surface area contributed by atoms with Crippen LogP contribution in [0.5, 0.6) is 0 Å². The summed E-state index contributed by atoms with van der Waals surface area (Å²) in [5, 5.41) is 10.7. The van der Waals surface area contributed by atoms with Crippen LogP contribution in [0.3, 0.4) is 0 Å². The van der Waals surface area contributed by atoms with E-state index in [1.807, 2.05) is 0 Å². The van der Waals surface area contributed by atoms with Crippen LogP contribution >= 0.6 is 0 Å². The van der Waals surface area contributed by atoms with Crippen LogP contribution in [-0.2, 0) is 42.9 Å². The van der Waals surface area contributed by atoms with Crippen molar-refractivity contribution in [3.05, 3.63) is 0 Å². The van der Waals surface area contributed by atoms with Crippen LogP contribution in [0.15, 0.2) is 0 Å². The number of aliphatic hydroxyl groups is 1. The molecule has 0 bridgehead atoms. The second-order valence-electron chi connectivity index (χ2n) is 5.64. The third kappa shape index (κ3) is 6.31. The quantitative estimate of drug-likeness (QED) is 0.468. The third-order valence-electron chi connectivity index (χ3n) is 3.31. The Morgan fingerprint density at radius 1 is 0.960 bits per heavy atom. The molecule has 25 heavy (non-hydrogen) atoms. The van der Waals surface area contributed by atoms with E-state index in [4.69, 9.17) is 23.7 Å². The Bertz CT molecular complexity index is 530. The Balaban J connectivity index is 3.09. The number of ether oxygens (including phenoxy) is 5. The lowest BCUT2D eigenvalue weighted by Crippen LogP contribution is -2.66. The van der Waals surface area contributed by atoms with Crippen LogP contribution in [0.2, 0.25) is 0 Å². The van der Waals surface area contributed by atoms with Crippen LogP contribution in [-0.4, -0.2) is 72.7 Å². The smallest absolute Gasteiger partial charge is 0.303 e. The van der Waals surface area contributed by atoms with Gasteiger partial charge in [-0.3, -0.25) is 19.2 Å². The minimum Gasteiger partial charge on any atom is -0.463 e. The number of rotatable bonds is 6. The summed E-state index contributed by atoms with van der Waals surface area (Å²) in [6, 6.07) is 0. The maximum absolute atomic E-state index is 11.4. The monoisotopic (exact) mass is 362 g/mol. The van der Waals surface area contributed by atoms with E-state index in [1.54, 1.807) is 0 Å². The number of hydrogen-bond donors (Lipinski definition) is 1. The standard InChI is InChI=1S/C15H22O10/c1-8(16)21-5-12-13(24-10(3)18)14(25-11(4)19)15(20,7-23-12)6-22-9(2)17/h12-14,20H,5-7H2,1-4H3/t12-,13-,14+,15+/m1/s1. The maximum atomic E-state index is 11.4. The number of carbonyl (C=O) groups excluding carboxylic acids is 4. The van der Waals surface area contributed by atoms with Gasteiger partial charge in [-0.2, -0.15) is 0 Å². The van der Waals surface area contributed by atoms with Gasteiger partial charge >= 0.3 is 23.9 Å². The van der Waals surface area contributed by atoms with Gasteiger partial charge in [0.2, 0.25) is 0 Å². The van der Waals surface area contributed by atoms with Crippen molar-refractivity contribution in [3.63, 3.8) is 0 Å². The molecule has 0 aromatic rings. The Labute approximate surface area is 144 Å². The lowest BCUT2D eigenvalue weighted by molar-refractivity contribution is -0.264. The summed E-state index contributed by atoms with van der Waals surface area (Å²) in [6.45, 7) is 3.32. The van der Waals surface area contributed by atoms with E-state index in [-0.39, 0.29) is 6.61 Å². The van der Waals surface area contributed by atoms with E-state index in [9.17, 15) is 24.3 Å². The third-order valence-corrected chi connectivity index (χ3v) is 3.31. The number of carbonyl (C=O) groups is 4. The molecule has 10 nitrogen and oxygen atoms in total. The molecule has 0 aromatic carbocycles. The topological polar surface area (TPSA) is 135 Å². The van der Waals surface area contributed by atoms with Gasteiger partial charge in [-0.15, -0.1) is 0 Å². The Morgan fingerprint density at radius 2 is 1.52 bits per heavy atom. The zero-order valence-electron chi connectivity index (χ0n) is 14.5. The second-order valence-corrected chi connectivity index (χ2v) is 5.64. The summed E-state index contributed by atoms with van der Waals surface area (Å²) in [7, 11) is 0. The summed E-state index contributed by atoms with van der Waals surface area (Å²) in [5.74, 6) is -2.73. The highest BCUT2D eigenvalue weighted by Gasteiger charge is 2.54. The first-order valence-electron chi connectivity index (χ1n) is 7.50. The fourth-order valence-electron chi connectivity index (χ4n) is 2.31. The molecule has 0 unspecified atom stereocenters. The SMILES string of the molecule is CC(=O)OC[C@H]1OC[C@@](O)(COC(C)=O)[C@@H](OC(C)=O)[C@@H]1OC(C)=O. The molecule has 1 rings (SSSR count). The summed E-state index contributed by atoms with van der Waals surface area (Å²) < 4.78 is 25.3. The normalized spacial score (nSPS) is 28.6. The molecule has 1 aliphatic rings. The molecule has 1 heterocycles. The van der Waals surface area contributed by atoms with Crippen molar-refractivity contribution in [2.75, 3.05) is 19.8 Å². The molecular formula is C15H22O10. The van der Waals surface area contributed by atoms with E-state index >= 15 is 0 Å². The van der Waals surface area contributed by atoms with Crippen LogP contribution in [0.25, 0.3) is 0 Å². The molecular weight excluding hydrogens is 340 g/mol. The molecule has 1 saturated heterocycles. The lowest BCUT2D eigenvalue weighted by atomic mass is 9.88. The van der Waals surface area contributed by atoms with Crippen LogP contribution in [0, 0.1) is 0 Å². The van der Waals surface area contributed by atoms with Gasteiger partial charge in [0.05, 0.1) is 6.61 Å². The molecule has 0 spiro atoms. The number of hydrogen-bond acceptors (Lipinski definition) is 10. The molecule has 142 valence electrons. The van der Waals surface area contributed by atoms with Crippen molar-refractivity contribution in [2.24, 2.45) is 0 Å². The second kappa shape index (κ2) is 8.77. The van der Waals surface area contributed by atoms with Crippen molar-refractivity contribution in [1.29, 1.82) is 0 Å². The van der Waals surface area contributed by atoms with Gasteiger partial charge in [-0.1, -0.05) is 0 Å². The predicted molar refractivity (Wildman–Crippen MR) is 79.1 cm³/mol. The first kappa shape index (κ1) is 20.8. The van der Waals surface area contributed by atoms with Gasteiger partial charge in [-0.25, -0.2) is 0 Å². The van der Waals surface area contributed by atoms with Crippen LogP contribution in [0.4, 0.5) is 0 Å². The largest absolute Gasteiger partial charge is 0.463 e. The van der Waals surface area contributed by atoms with E-state index in [0.717, 1.165) is 20.8 Å². The van der Waals surface area contributed by atoms with Gasteiger partial charge in [0, 0.05) is 27.7 Å². The fraction of sp³-hybridized carbons (Fsp3) is 0.733. The first-order chi connectivity index (χ1) is 11.5. The fourth-order valence-corrected chi connectivity index (χ4v) is 2.31. The zero-order valence-corrected chi connectivity index (χ0v) is 14.5. The highest BCUT2D eigenvalue weighted by molar-refractivity contribution is 5.68. The molecule has 1 aliphatic heterocycles. The lowest BCUT2D eigenvalue weighted by Gasteiger charge is -2.45. The van der Waals surface area contributed by atoms with Crippen molar-refractivity contribution < 1.29 is 48.0 Å². The van der Waals surface area contributed by atoms with Gasteiger partial charge in [0.15, 0.2) is 17.8 Å². The molecule has 0 radical (unpaired) electrons. The molecule has 0 amide bonds. The molecule has 4 atom stereocenters. The molecule has 1 fully saturated rings. The summed E-state index contributed by atoms with van der Waals surface area (Å²) in [6.07, 6.45) is -3.63. The minimum absolute atomic E-state index is 0.283. The summed E-state index contributed by atoms with van der Waals surface area (Å²) in [5.41, 5.74) is -1.94. The minimum atomic E-state index is -1.94.